The summed E-state index contributed by atoms with van der Waals surface area (Å²) < 4.78 is 0. The zero-order valence-electron chi connectivity index (χ0n) is 19.6. The van der Waals surface area contributed by atoms with E-state index in [0.717, 1.165) is 35.0 Å². The van der Waals surface area contributed by atoms with Crippen molar-refractivity contribution in [2.24, 2.45) is 0 Å². The number of alkyl halides is 1. The number of hydrogen-bond donors (Lipinski definition) is 4. The van der Waals surface area contributed by atoms with E-state index in [0.29, 0.717) is 24.4 Å². The highest BCUT2D eigenvalue weighted by Gasteiger charge is 2.23. The molecule has 4 aromatic rings. The second kappa shape index (κ2) is 11.6. The number of halogens is 1. The first-order chi connectivity index (χ1) is 17.5. The quantitative estimate of drug-likeness (QED) is 0.110. The number of H-pyrrole nitrogens is 1. The van der Waals surface area contributed by atoms with E-state index in [1.54, 1.807) is 12.1 Å². The Kier molecular flexibility index (Phi) is 8.13. The molecule has 1 amide bonds. The van der Waals surface area contributed by atoms with E-state index in [2.05, 4.69) is 15.3 Å². The van der Waals surface area contributed by atoms with Crippen LogP contribution in [0.25, 0.3) is 22.2 Å². The molecule has 8 heteroatoms. The fraction of sp³-hybridized carbons (Fsp3) is 0.214. The summed E-state index contributed by atoms with van der Waals surface area (Å²) in [6, 6.07) is 21.4. The number of benzene rings is 3. The maximum Gasteiger partial charge on any atom is 0.336 e. The Bertz CT molecular complexity index is 1350. The molecular weight excluding hydrogens is 476 g/mol. The number of nitrogens with one attached hydrogen (secondary N) is 3. The van der Waals surface area contributed by atoms with Crippen LogP contribution in [0.4, 0.5) is 0 Å². The minimum Gasteiger partial charge on any atom is -0.478 e. The molecule has 0 fully saturated rings. The number of carboxylic acid groups (broad SMARTS) is 1. The summed E-state index contributed by atoms with van der Waals surface area (Å²) >= 11 is 5.72. The van der Waals surface area contributed by atoms with Crippen LogP contribution in [0.5, 0.6) is 0 Å². The van der Waals surface area contributed by atoms with Gasteiger partial charge in [0, 0.05) is 5.71 Å². The Morgan fingerprint density at radius 2 is 1.72 bits per heavy atom. The number of nitrogens with zero attached hydrogens (tertiary/aromatic N) is 1. The number of aromatic nitrogens is 2. The number of para-hydroxylation sites is 2. The van der Waals surface area contributed by atoms with Gasteiger partial charge in [0.2, 0.25) is 0 Å². The molecule has 7 nitrogen and oxygen atoms in total. The number of rotatable bonds is 11. The molecule has 36 heavy (non-hydrogen) atoms. The standard InChI is InChI=1S/C28H27ClN4O3/c29-17-20(30)10-4-5-13-25(26-31-23-11-6-7-12-24(23)32-26)33-27(34)22-16-19(14-15-21(22)28(35)36)18-8-2-1-3-9-18/h1-3,6-9,11-12,14-16,25,30H,4-5,10,13,17H2,(H,31,32)(H,33,34)(H,35,36)/t25-/m0/s1. The topological polar surface area (TPSA) is 119 Å². The molecule has 0 unspecified atom stereocenters. The molecule has 0 radical (unpaired) electrons. The fourth-order valence-corrected chi connectivity index (χ4v) is 4.27. The first-order valence-electron chi connectivity index (χ1n) is 11.8. The van der Waals surface area contributed by atoms with Crippen LogP contribution in [-0.2, 0) is 0 Å². The van der Waals surface area contributed by atoms with Crippen molar-refractivity contribution >= 4 is 40.2 Å². The fourth-order valence-electron chi connectivity index (χ4n) is 4.13. The predicted octanol–water partition coefficient (Wildman–Crippen LogP) is 6.22. The van der Waals surface area contributed by atoms with E-state index < -0.39 is 17.9 Å². The SMILES string of the molecule is N=C(CCl)CCCC[C@H](NC(=O)c1cc(-c2ccccc2)ccc1C(=O)O)c1nc2ccccc2[nH]1. The van der Waals surface area contributed by atoms with Crippen LogP contribution in [0.2, 0.25) is 0 Å². The van der Waals surface area contributed by atoms with Crippen LogP contribution >= 0.6 is 11.6 Å². The van der Waals surface area contributed by atoms with Gasteiger partial charge in [-0.2, -0.15) is 0 Å². The molecule has 0 saturated heterocycles. The summed E-state index contributed by atoms with van der Waals surface area (Å²) in [7, 11) is 0. The number of fused-ring (bicyclic) bond motifs is 1. The van der Waals surface area contributed by atoms with Gasteiger partial charge in [-0.15, -0.1) is 11.6 Å². The number of aromatic amines is 1. The summed E-state index contributed by atoms with van der Waals surface area (Å²) in [6.45, 7) is 0. The number of unbranched alkanes of at least 4 members (excludes halogenated alkanes) is 1. The molecule has 0 bridgehead atoms. The van der Waals surface area contributed by atoms with E-state index in [-0.39, 0.29) is 17.0 Å². The maximum atomic E-state index is 13.5. The van der Waals surface area contributed by atoms with Crippen LogP contribution in [0.15, 0.2) is 72.8 Å². The third-order valence-electron chi connectivity index (χ3n) is 6.03. The average Bonchev–Trinajstić information content (AvgIpc) is 3.34. The molecule has 1 heterocycles. The molecule has 3 aromatic carbocycles. The number of aromatic carboxylic acids is 1. The smallest absolute Gasteiger partial charge is 0.336 e. The lowest BCUT2D eigenvalue weighted by atomic mass is 9.98. The molecule has 0 saturated carbocycles. The molecule has 0 aliphatic carbocycles. The largest absolute Gasteiger partial charge is 0.478 e. The number of carboxylic acids is 1. The van der Waals surface area contributed by atoms with Crippen molar-refractivity contribution in [2.75, 3.05) is 5.88 Å². The second-order valence-corrected chi connectivity index (χ2v) is 8.85. The van der Waals surface area contributed by atoms with Gasteiger partial charge in [-0.3, -0.25) is 4.79 Å². The number of hydrogen-bond acceptors (Lipinski definition) is 4. The van der Waals surface area contributed by atoms with Gasteiger partial charge in [-0.25, -0.2) is 9.78 Å². The van der Waals surface area contributed by atoms with Gasteiger partial charge in [-0.1, -0.05) is 55.0 Å². The summed E-state index contributed by atoms with van der Waals surface area (Å²) in [5.41, 5.74) is 3.79. The molecule has 0 aliphatic heterocycles. The predicted molar refractivity (Wildman–Crippen MR) is 142 cm³/mol. The highest BCUT2D eigenvalue weighted by atomic mass is 35.5. The zero-order valence-corrected chi connectivity index (χ0v) is 20.4. The first kappa shape index (κ1) is 25.1. The van der Waals surface area contributed by atoms with Crippen LogP contribution in [0.1, 0.15) is 58.3 Å². The Balaban J connectivity index is 1.62. The monoisotopic (exact) mass is 502 g/mol. The Morgan fingerprint density at radius 1 is 0.972 bits per heavy atom. The van der Waals surface area contributed by atoms with Crippen LogP contribution in [0.3, 0.4) is 0 Å². The Morgan fingerprint density at radius 3 is 2.44 bits per heavy atom. The molecule has 184 valence electrons. The van der Waals surface area contributed by atoms with E-state index in [1.807, 2.05) is 54.6 Å². The number of amides is 1. The lowest BCUT2D eigenvalue weighted by Crippen LogP contribution is -2.30. The van der Waals surface area contributed by atoms with Gasteiger partial charge in [0.25, 0.3) is 5.91 Å². The molecule has 1 aromatic heterocycles. The lowest BCUT2D eigenvalue weighted by Gasteiger charge is -2.18. The van der Waals surface area contributed by atoms with Crippen LogP contribution < -0.4 is 5.32 Å². The molecule has 4 N–H and O–H groups in total. The summed E-state index contributed by atoms with van der Waals surface area (Å²) in [5.74, 6) is -0.837. The van der Waals surface area contributed by atoms with Gasteiger partial charge in [0.15, 0.2) is 0 Å². The van der Waals surface area contributed by atoms with E-state index >= 15 is 0 Å². The molecular formula is C28H27ClN4O3. The minimum atomic E-state index is -1.17. The van der Waals surface area contributed by atoms with E-state index in [1.165, 1.54) is 6.07 Å². The van der Waals surface area contributed by atoms with Crippen molar-refractivity contribution in [1.82, 2.24) is 15.3 Å². The van der Waals surface area contributed by atoms with Gasteiger partial charge in [-0.05, 0) is 54.7 Å². The van der Waals surface area contributed by atoms with Gasteiger partial charge in [0.05, 0.1) is 34.1 Å². The number of carbonyl (C=O) groups excluding carboxylic acids is 1. The normalized spacial score (nSPS) is 11.8. The summed E-state index contributed by atoms with van der Waals surface area (Å²) in [5, 5.41) is 20.5. The molecule has 4 rings (SSSR count). The maximum absolute atomic E-state index is 13.5. The van der Waals surface area contributed by atoms with Crippen molar-refractivity contribution < 1.29 is 14.7 Å². The van der Waals surface area contributed by atoms with Crippen molar-refractivity contribution in [2.45, 2.75) is 31.7 Å². The summed E-state index contributed by atoms with van der Waals surface area (Å²) in [6.07, 6.45) is 2.65. The third-order valence-corrected chi connectivity index (χ3v) is 6.35. The van der Waals surface area contributed by atoms with Gasteiger partial charge < -0.3 is 20.8 Å². The average molecular weight is 503 g/mol. The first-order valence-corrected chi connectivity index (χ1v) is 12.3. The molecule has 0 aliphatic rings. The van der Waals surface area contributed by atoms with E-state index in [9.17, 15) is 14.7 Å². The lowest BCUT2D eigenvalue weighted by molar-refractivity contribution is 0.0690. The van der Waals surface area contributed by atoms with Crippen molar-refractivity contribution in [3.8, 4) is 11.1 Å². The molecule has 0 spiro atoms. The zero-order chi connectivity index (χ0) is 25.5. The van der Waals surface area contributed by atoms with Gasteiger partial charge in [0.1, 0.15) is 5.82 Å². The minimum absolute atomic E-state index is 0.0638. The molecule has 1 atom stereocenters. The summed E-state index contributed by atoms with van der Waals surface area (Å²) in [4.78, 5) is 33.3. The van der Waals surface area contributed by atoms with Crippen molar-refractivity contribution in [3.63, 3.8) is 0 Å². The number of carbonyl (C=O) groups is 2. The van der Waals surface area contributed by atoms with Gasteiger partial charge >= 0.3 is 5.97 Å². The Hall–Kier alpha value is -3.97. The second-order valence-electron chi connectivity index (χ2n) is 8.58. The van der Waals surface area contributed by atoms with E-state index in [4.69, 9.17) is 17.0 Å². The van der Waals surface area contributed by atoms with Crippen LogP contribution in [-0.4, -0.2) is 38.5 Å². The Labute approximate surface area is 214 Å². The van der Waals surface area contributed by atoms with Crippen molar-refractivity contribution in [1.29, 1.82) is 5.41 Å². The number of imidazole rings is 1. The van der Waals surface area contributed by atoms with Crippen molar-refractivity contribution in [3.05, 3.63) is 89.7 Å². The highest BCUT2D eigenvalue weighted by Crippen LogP contribution is 2.25. The highest BCUT2D eigenvalue weighted by molar-refractivity contribution is 6.28. The van der Waals surface area contributed by atoms with Crippen LogP contribution in [0, 0.1) is 5.41 Å². The third kappa shape index (κ3) is 5.98.